The summed E-state index contributed by atoms with van der Waals surface area (Å²) in [5, 5.41) is 19.3. The summed E-state index contributed by atoms with van der Waals surface area (Å²) in [5.41, 5.74) is 1.45. The van der Waals surface area contributed by atoms with E-state index >= 15 is 0 Å². The fraction of sp³-hybridized carbons (Fsp3) is 0.720. The third-order valence-electron chi connectivity index (χ3n) is 9.50. The fourth-order valence-electron chi connectivity index (χ4n) is 7.72. The van der Waals surface area contributed by atoms with Crippen LogP contribution in [0.4, 0.5) is 11.4 Å². The lowest BCUT2D eigenvalue weighted by Gasteiger charge is -2.49. The molecule has 2 N–H and O–H groups in total. The Hall–Kier alpha value is -1.71. The van der Waals surface area contributed by atoms with Crippen LogP contribution in [0.2, 0.25) is 0 Å². The van der Waals surface area contributed by atoms with Crippen molar-refractivity contribution in [3.8, 4) is 0 Å². The predicted molar refractivity (Wildman–Crippen MR) is 121 cm³/mol. The van der Waals surface area contributed by atoms with Crippen molar-refractivity contribution in [1.82, 2.24) is 4.90 Å². The maximum atomic E-state index is 13.0. The van der Waals surface area contributed by atoms with Crippen molar-refractivity contribution in [1.29, 1.82) is 0 Å². The zero-order valence-corrected chi connectivity index (χ0v) is 19.5. The second-order valence-corrected chi connectivity index (χ2v) is 11.2. The minimum Gasteiger partial charge on any atom is -0.595 e. The molecule has 2 saturated carbocycles. The topological polar surface area (TPSA) is 93.0 Å². The van der Waals surface area contributed by atoms with Crippen molar-refractivity contribution in [2.75, 3.05) is 37.6 Å². The molecule has 0 bridgehead atoms. The van der Waals surface area contributed by atoms with Crippen LogP contribution in [0.25, 0.3) is 0 Å². The van der Waals surface area contributed by atoms with Gasteiger partial charge in [0.05, 0.1) is 12.0 Å². The molecule has 3 saturated heterocycles. The first-order valence-corrected chi connectivity index (χ1v) is 12.5. The van der Waals surface area contributed by atoms with Gasteiger partial charge in [0.1, 0.15) is 11.7 Å². The van der Waals surface area contributed by atoms with Crippen LogP contribution < -0.4 is 10.1 Å². The largest absolute Gasteiger partial charge is 0.595 e. The molecule has 1 aromatic carbocycles. The van der Waals surface area contributed by atoms with E-state index in [2.05, 4.69) is 23.6 Å². The average molecular weight is 458 g/mol. The molecule has 0 aromatic heterocycles. The number of esters is 1. The van der Waals surface area contributed by atoms with Gasteiger partial charge in [-0.1, -0.05) is 20.3 Å². The molecule has 1 aromatic rings. The smallest absolute Gasteiger partial charge is 0.311 e. The van der Waals surface area contributed by atoms with Gasteiger partial charge in [0.15, 0.2) is 5.69 Å². The zero-order chi connectivity index (χ0) is 23.0. The second kappa shape index (κ2) is 7.65. The minimum atomic E-state index is -0.903. The van der Waals surface area contributed by atoms with Crippen LogP contribution in [0.1, 0.15) is 39.5 Å². The maximum Gasteiger partial charge on any atom is 0.311 e. The summed E-state index contributed by atoms with van der Waals surface area (Å²) < 4.78 is 12.5. The van der Waals surface area contributed by atoms with E-state index in [0.29, 0.717) is 11.6 Å². The third-order valence-corrected chi connectivity index (χ3v) is 9.50. The highest BCUT2D eigenvalue weighted by Crippen LogP contribution is 2.70. The molecule has 180 valence electrons. The van der Waals surface area contributed by atoms with Crippen LogP contribution in [-0.2, 0) is 14.3 Å². The van der Waals surface area contributed by atoms with Crippen LogP contribution in [0.3, 0.4) is 0 Å². The van der Waals surface area contributed by atoms with E-state index < -0.39 is 5.23 Å². The van der Waals surface area contributed by atoms with Crippen LogP contribution in [-0.4, -0.2) is 66.6 Å². The maximum absolute atomic E-state index is 13.0. The Morgan fingerprint density at radius 1 is 1.21 bits per heavy atom. The summed E-state index contributed by atoms with van der Waals surface area (Å²) in [7, 11) is 0. The fourth-order valence-corrected chi connectivity index (χ4v) is 7.72. The number of ether oxygens (including phenoxy) is 2. The molecule has 3 aliphatic heterocycles. The lowest BCUT2D eigenvalue weighted by atomic mass is 9.53. The van der Waals surface area contributed by atoms with Crippen molar-refractivity contribution < 1.29 is 24.7 Å². The molecule has 0 radical (unpaired) electrons. The summed E-state index contributed by atoms with van der Waals surface area (Å²) in [6.45, 7) is 8.93. The van der Waals surface area contributed by atoms with Crippen molar-refractivity contribution in [2.45, 2.75) is 57.3 Å². The molecule has 5 fully saturated rings. The highest BCUT2D eigenvalue weighted by Gasteiger charge is 2.78. The van der Waals surface area contributed by atoms with Crippen LogP contribution in [0, 0.1) is 28.4 Å². The first kappa shape index (κ1) is 21.8. The summed E-state index contributed by atoms with van der Waals surface area (Å²) >= 11 is 0. The number of carbonyl (C=O) groups is 1. The van der Waals surface area contributed by atoms with Gasteiger partial charge in [-0.15, -0.1) is 0 Å². The average Bonchev–Trinajstić information content (AvgIpc) is 3.49. The Balaban J connectivity index is 1.11. The molecule has 0 amide bonds. The summed E-state index contributed by atoms with van der Waals surface area (Å²) in [5.74, 6) is 0.610. The number of nitrogens with one attached hydrogen (secondary N) is 1. The van der Waals surface area contributed by atoms with Crippen molar-refractivity contribution in [2.24, 2.45) is 23.2 Å². The Morgan fingerprint density at radius 3 is 2.64 bits per heavy atom. The molecular weight excluding hydrogens is 422 g/mol. The standard InChI is InChI=1S/C25H35N3O5/c1-16-4-3-9-24(2)14-20-21(22-25(16,24)33-22)19(23(29)32-20)15-26-10-12-27(13-11-26)17-5-7-18(8-6-17)28(30)31/h5-8,16,19-22,28,30H,3-4,9-15H2,1-2H3/t16-,19-,20-,21+,22+,24+,25-/m1/s1. The van der Waals surface area contributed by atoms with E-state index in [1.165, 1.54) is 19.3 Å². The summed E-state index contributed by atoms with van der Waals surface area (Å²) in [6, 6.07) is 7.08. The van der Waals surface area contributed by atoms with Crippen molar-refractivity contribution in [3.63, 3.8) is 0 Å². The Kier molecular flexibility index (Phi) is 5.05. The number of anilines is 1. The number of nitrogens with zero attached hydrogens (tertiary/aromatic N) is 2. The van der Waals surface area contributed by atoms with E-state index in [9.17, 15) is 10.0 Å². The number of fused-ring (bicyclic) bond motifs is 2. The highest BCUT2D eigenvalue weighted by atomic mass is 16.8. The highest BCUT2D eigenvalue weighted by molar-refractivity contribution is 5.76. The Morgan fingerprint density at radius 2 is 1.94 bits per heavy atom. The van der Waals surface area contributed by atoms with Crippen LogP contribution >= 0.6 is 0 Å². The molecule has 1 unspecified atom stereocenters. The van der Waals surface area contributed by atoms with Gasteiger partial charge in [-0.2, -0.15) is 5.23 Å². The molecule has 8 heteroatoms. The lowest BCUT2D eigenvalue weighted by Crippen LogP contribution is -2.99. The third kappa shape index (κ3) is 3.26. The Bertz CT molecular complexity index is 917. The van der Waals surface area contributed by atoms with E-state index in [4.69, 9.17) is 14.7 Å². The normalized spacial score (nSPS) is 43.3. The van der Waals surface area contributed by atoms with Crippen molar-refractivity contribution >= 4 is 17.3 Å². The molecule has 6 rings (SSSR count). The number of carbonyl (C=O) groups excluding carboxylic acids is 1. The van der Waals surface area contributed by atoms with E-state index in [1.807, 2.05) is 12.1 Å². The van der Waals surface area contributed by atoms with Crippen LogP contribution in [0.5, 0.6) is 0 Å². The van der Waals surface area contributed by atoms with Gasteiger partial charge in [0, 0.05) is 61.9 Å². The molecule has 8 nitrogen and oxygen atoms in total. The van der Waals surface area contributed by atoms with E-state index in [1.54, 1.807) is 12.1 Å². The van der Waals surface area contributed by atoms with Gasteiger partial charge in [0.25, 0.3) is 0 Å². The summed E-state index contributed by atoms with van der Waals surface area (Å²) in [4.78, 5) is 17.7. The van der Waals surface area contributed by atoms with Gasteiger partial charge in [-0.25, -0.2) is 5.21 Å². The molecule has 5 aliphatic rings. The molecule has 3 heterocycles. The molecular formula is C25H35N3O5. The number of piperazine rings is 1. The van der Waals surface area contributed by atoms with Crippen LogP contribution in [0.15, 0.2) is 24.3 Å². The molecule has 33 heavy (non-hydrogen) atoms. The minimum absolute atomic E-state index is 0.00691. The van der Waals surface area contributed by atoms with Gasteiger partial charge in [0.2, 0.25) is 0 Å². The monoisotopic (exact) mass is 457 g/mol. The molecule has 8 atom stereocenters. The van der Waals surface area contributed by atoms with Gasteiger partial charge >= 0.3 is 5.97 Å². The van der Waals surface area contributed by atoms with Crippen molar-refractivity contribution in [3.05, 3.63) is 29.5 Å². The number of quaternary nitrogens is 1. The Labute approximate surface area is 195 Å². The summed E-state index contributed by atoms with van der Waals surface area (Å²) in [6.07, 6.45) is 4.76. The first-order valence-electron chi connectivity index (χ1n) is 12.5. The first-order chi connectivity index (χ1) is 15.8. The SMILES string of the molecule is C[C@@H]1CCC[C@@]2(C)C[C@H]3OC(=O)[C@H](CN4CCN(c5ccc([NH+]([O-])O)cc5)CC4)[C@@H]3[C@@H]3O[C@]132. The predicted octanol–water partition coefficient (Wildman–Crippen LogP) is 1.74. The molecule has 2 aliphatic carbocycles. The van der Waals surface area contributed by atoms with Gasteiger partial charge in [-0.3, -0.25) is 9.69 Å². The number of rotatable bonds is 4. The quantitative estimate of drug-likeness (QED) is 0.404. The number of hydrogen-bond donors (Lipinski definition) is 2. The van der Waals surface area contributed by atoms with E-state index in [-0.39, 0.29) is 41.0 Å². The van der Waals surface area contributed by atoms with Gasteiger partial charge < -0.3 is 19.6 Å². The second-order valence-electron chi connectivity index (χ2n) is 11.2. The zero-order valence-electron chi connectivity index (χ0n) is 19.5. The number of benzene rings is 1. The van der Waals surface area contributed by atoms with E-state index in [0.717, 1.165) is 44.8 Å². The lowest BCUT2D eigenvalue weighted by molar-refractivity contribution is -0.991. The number of epoxide rings is 1. The molecule has 1 spiro atoms. The van der Waals surface area contributed by atoms with Gasteiger partial charge in [-0.05, 0) is 37.3 Å². The number of hydrogen-bond acceptors (Lipinski definition) is 7.